The average Bonchev–Trinajstić information content (AvgIpc) is 2.57. The molecule has 7 nitrogen and oxygen atoms in total. The zero-order chi connectivity index (χ0) is 18.4. The van der Waals surface area contributed by atoms with E-state index in [9.17, 15) is 19.7 Å². The van der Waals surface area contributed by atoms with Gasteiger partial charge in [0, 0.05) is 18.6 Å². The Hall–Kier alpha value is -2.15. The maximum Gasteiger partial charge on any atom is 0.306 e. The molecule has 0 radical (unpaired) electrons. The van der Waals surface area contributed by atoms with E-state index in [1.165, 1.54) is 25.5 Å². The van der Waals surface area contributed by atoms with Gasteiger partial charge in [0.25, 0.3) is 11.6 Å². The first kappa shape index (κ1) is 19.2. The summed E-state index contributed by atoms with van der Waals surface area (Å²) in [4.78, 5) is 34.2. The number of benzene rings is 1. The molecule has 1 amide bonds. The van der Waals surface area contributed by atoms with Crippen molar-refractivity contribution in [3.8, 4) is 0 Å². The van der Waals surface area contributed by atoms with Crippen molar-refractivity contribution in [3.63, 3.8) is 0 Å². The number of nitrogens with one attached hydrogen (secondary N) is 1. The Morgan fingerprint density at radius 1 is 1.36 bits per heavy atom. The van der Waals surface area contributed by atoms with Crippen molar-refractivity contribution >= 4 is 34.9 Å². The lowest BCUT2D eigenvalue weighted by molar-refractivity contribution is -0.384. The second kappa shape index (κ2) is 8.80. The maximum absolute atomic E-state index is 12.1. The van der Waals surface area contributed by atoms with Crippen LogP contribution >= 0.6 is 11.6 Å². The molecule has 1 aromatic rings. The highest BCUT2D eigenvalue weighted by Gasteiger charge is 2.23. The Bertz CT molecular complexity index is 658. The first-order chi connectivity index (χ1) is 11.9. The highest BCUT2D eigenvalue weighted by molar-refractivity contribution is 6.34. The standard InChI is InChI=1S/C17H21ClN2O5/c1-11(25-16(21)9-12-5-3-2-4-6-12)17(22)19-15-8-7-13(20(23)24)10-14(15)18/h7-8,10-12H,2-6,9H2,1H3,(H,19,22). The predicted octanol–water partition coefficient (Wildman–Crippen LogP) is 4.09. The summed E-state index contributed by atoms with van der Waals surface area (Å²) in [5.41, 5.74) is 0.0578. The Morgan fingerprint density at radius 3 is 2.64 bits per heavy atom. The molecule has 1 aliphatic carbocycles. The van der Waals surface area contributed by atoms with Crippen LogP contribution in [-0.4, -0.2) is 22.9 Å². The predicted molar refractivity (Wildman–Crippen MR) is 93.5 cm³/mol. The molecule has 136 valence electrons. The SMILES string of the molecule is CC(OC(=O)CC1CCCCC1)C(=O)Nc1ccc([N+](=O)[O-])cc1Cl. The fourth-order valence-electron chi connectivity index (χ4n) is 2.88. The van der Waals surface area contributed by atoms with Crippen molar-refractivity contribution in [2.75, 3.05) is 5.32 Å². The number of hydrogen-bond acceptors (Lipinski definition) is 5. The Balaban J connectivity index is 1.87. The van der Waals surface area contributed by atoms with Crippen LogP contribution in [0.4, 0.5) is 11.4 Å². The topological polar surface area (TPSA) is 98.5 Å². The molecule has 25 heavy (non-hydrogen) atoms. The number of amides is 1. The second-order valence-corrected chi connectivity index (χ2v) is 6.66. The van der Waals surface area contributed by atoms with Crippen LogP contribution in [0.25, 0.3) is 0 Å². The number of carbonyl (C=O) groups excluding carboxylic acids is 2. The van der Waals surface area contributed by atoms with Gasteiger partial charge in [-0.2, -0.15) is 0 Å². The molecule has 0 spiro atoms. The molecule has 1 atom stereocenters. The summed E-state index contributed by atoms with van der Waals surface area (Å²) >= 11 is 5.93. The van der Waals surface area contributed by atoms with Crippen LogP contribution in [0.5, 0.6) is 0 Å². The fourth-order valence-corrected chi connectivity index (χ4v) is 3.10. The van der Waals surface area contributed by atoms with Crippen molar-refractivity contribution < 1.29 is 19.2 Å². The molecule has 1 aliphatic rings. The largest absolute Gasteiger partial charge is 0.453 e. The van der Waals surface area contributed by atoms with Gasteiger partial charge in [-0.15, -0.1) is 0 Å². The van der Waals surface area contributed by atoms with Crippen LogP contribution in [0.15, 0.2) is 18.2 Å². The second-order valence-electron chi connectivity index (χ2n) is 6.25. The molecule has 0 bridgehead atoms. The summed E-state index contributed by atoms with van der Waals surface area (Å²) in [6.45, 7) is 1.48. The minimum atomic E-state index is -0.970. The molecule has 8 heteroatoms. The first-order valence-electron chi connectivity index (χ1n) is 8.31. The van der Waals surface area contributed by atoms with E-state index in [1.54, 1.807) is 0 Å². The normalized spacial score (nSPS) is 16.1. The van der Waals surface area contributed by atoms with Gasteiger partial charge in [-0.3, -0.25) is 19.7 Å². The quantitative estimate of drug-likeness (QED) is 0.463. The number of halogens is 1. The number of carbonyl (C=O) groups is 2. The van der Waals surface area contributed by atoms with E-state index in [0.717, 1.165) is 31.7 Å². The number of non-ortho nitro benzene ring substituents is 1. The van der Waals surface area contributed by atoms with Crippen molar-refractivity contribution in [3.05, 3.63) is 33.3 Å². The van der Waals surface area contributed by atoms with Gasteiger partial charge in [-0.05, 0) is 31.7 Å². The molecular formula is C17H21ClN2O5. The van der Waals surface area contributed by atoms with Gasteiger partial charge in [0.05, 0.1) is 15.6 Å². The van der Waals surface area contributed by atoms with Gasteiger partial charge in [0.15, 0.2) is 6.10 Å². The minimum Gasteiger partial charge on any atom is -0.453 e. The lowest BCUT2D eigenvalue weighted by Gasteiger charge is -2.21. The number of nitrogens with zero attached hydrogens (tertiary/aromatic N) is 1. The van der Waals surface area contributed by atoms with E-state index >= 15 is 0 Å². The summed E-state index contributed by atoms with van der Waals surface area (Å²) in [6, 6.07) is 3.73. The third-order valence-electron chi connectivity index (χ3n) is 4.28. The number of nitro benzene ring substituents is 1. The van der Waals surface area contributed by atoms with E-state index in [1.807, 2.05) is 0 Å². The van der Waals surface area contributed by atoms with Gasteiger partial charge in [-0.1, -0.05) is 30.9 Å². The highest BCUT2D eigenvalue weighted by atomic mass is 35.5. The van der Waals surface area contributed by atoms with E-state index in [2.05, 4.69) is 5.32 Å². The zero-order valence-electron chi connectivity index (χ0n) is 14.0. The number of hydrogen-bond donors (Lipinski definition) is 1. The van der Waals surface area contributed by atoms with Gasteiger partial charge in [0.2, 0.25) is 0 Å². The van der Waals surface area contributed by atoms with Crippen molar-refractivity contribution in [1.29, 1.82) is 0 Å². The molecular weight excluding hydrogens is 348 g/mol. The molecule has 1 fully saturated rings. The van der Waals surface area contributed by atoms with E-state index in [0.29, 0.717) is 12.3 Å². The maximum atomic E-state index is 12.1. The molecule has 0 aromatic heterocycles. The van der Waals surface area contributed by atoms with E-state index in [4.69, 9.17) is 16.3 Å². The molecule has 1 aromatic carbocycles. The molecule has 0 aliphatic heterocycles. The molecule has 2 rings (SSSR count). The monoisotopic (exact) mass is 368 g/mol. The number of rotatable bonds is 6. The molecule has 1 saturated carbocycles. The Labute approximate surface area is 150 Å². The van der Waals surface area contributed by atoms with Crippen LogP contribution in [0.3, 0.4) is 0 Å². The van der Waals surface area contributed by atoms with Crippen LogP contribution < -0.4 is 5.32 Å². The van der Waals surface area contributed by atoms with E-state index < -0.39 is 16.9 Å². The molecule has 0 saturated heterocycles. The molecule has 0 heterocycles. The smallest absolute Gasteiger partial charge is 0.306 e. The number of nitro groups is 1. The van der Waals surface area contributed by atoms with Crippen molar-refractivity contribution in [2.24, 2.45) is 5.92 Å². The Kier molecular flexibility index (Phi) is 6.75. The average molecular weight is 369 g/mol. The summed E-state index contributed by atoms with van der Waals surface area (Å²) in [5.74, 6) is -0.585. The van der Waals surface area contributed by atoms with Crippen LogP contribution in [0, 0.1) is 16.0 Å². The fraction of sp³-hybridized carbons (Fsp3) is 0.529. The zero-order valence-corrected chi connectivity index (χ0v) is 14.8. The van der Waals surface area contributed by atoms with Gasteiger partial charge in [0.1, 0.15) is 0 Å². The van der Waals surface area contributed by atoms with Crippen LogP contribution in [0.2, 0.25) is 5.02 Å². The third kappa shape index (κ3) is 5.70. The van der Waals surface area contributed by atoms with Gasteiger partial charge in [-0.25, -0.2) is 0 Å². The first-order valence-corrected chi connectivity index (χ1v) is 8.69. The lowest BCUT2D eigenvalue weighted by atomic mass is 9.87. The van der Waals surface area contributed by atoms with E-state index in [-0.39, 0.29) is 22.4 Å². The molecule has 1 unspecified atom stereocenters. The summed E-state index contributed by atoms with van der Waals surface area (Å²) in [5, 5.41) is 13.2. The van der Waals surface area contributed by atoms with Crippen molar-refractivity contribution in [2.45, 2.75) is 51.6 Å². The molecule has 1 N–H and O–H groups in total. The number of esters is 1. The number of anilines is 1. The lowest BCUT2D eigenvalue weighted by Crippen LogP contribution is -2.30. The highest BCUT2D eigenvalue weighted by Crippen LogP contribution is 2.28. The third-order valence-corrected chi connectivity index (χ3v) is 4.59. The summed E-state index contributed by atoms with van der Waals surface area (Å²) in [7, 11) is 0. The van der Waals surface area contributed by atoms with Gasteiger partial charge < -0.3 is 10.1 Å². The van der Waals surface area contributed by atoms with Crippen molar-refractivity contribution in [1.82, 2.24) is 0 Å². The van der Waals surface area contributed by atoms with Crippen LogP contribution in [-0.2, 0) is 14.3 Å². The van der Waals surface area contributed by atoms with Gasteiger partial charge >= 0.3 is 5.97 Å². The minimum absolute atomic E-state index is 0.0447. The number of ether oxygens (including phenoxy) is 1. The Morgan fingerprint density at radius 2 is 2.04 bits per heavy atom. The summed E-state index contributed by atoms with van der Waals surface area (Å²) < 4.78 is 5.19. The van der Waals surface area contributed by atoms with Crippen LogP contribution in [0.1, 0.15) is 45.4 Å². The summed E-state index contributed by atoms with van der Waals surface area (Å²) in [6.07, 6.45) is 4.87.